The van der Waals surface area contributed by atoms with Gasteiger partial charge in [-0.3, -0.25) is 0 Å². The van der Waals surface area contributed by atoms with E-state index in [0.29, 0.717) is 0 Å². The molecule has 52 valence electrons. The maximum Gasteiger partial charge on any atom is 0.0955 e. The molecule has 0 aromatic heterocycles. The van der Waals surface area contributed by atoms with Gasteiger partial charge in [0.05, 0.1) is 10.1 Å². The first kappa shape index (κ1) is 8.47. The summed E-state index contributed by atoms with van der Waals surface area (Å²) in [4.78, 5) is 0. The molecule has 0 saturated heterocycles. The van der Waals surface area contributed by atoms with Crippen molar-refractivity contribution in [3.63, 3.8) is 0 Å². The number of hydrogen-bond acceptors (Lipinski definition) is 3. The van der Waals surface area contributed by atoms with Crippen molar-refractivity contribution in [2.75, 3.05) is 5.75 Å². The highest BCUT2D eigenvalue weighted by atomic mass is 32.2. The van der Waals surface area contributed by atoms with Crippen LogP contribution in [0.3, 0.4) is 0 Å². The summed E-state index contributed by atoms with van der Waals surface area (Å²) in [5.74, 6) is 4.58. The standard InChI is InChI=1S/C5H8O3S/c1-2-3-4-5-9(6,7)8/h4-5H2,1H3,(H,6,7,8)/p-1. The van der Waals surface area contributed by atoms with Gasteiger partial charge in [-0.15, -0.1) is 11.8 Å². The summed E-state index contributed by atoms with van der Waals surface area (Å²) < 4.78 is 29.6. The van der Waals surface area contributed by atoms with Crippen LogP contribution in [0.15, 0.2) is 0 Å². The topological polar surface area (TPSA) is 57.2 Å². The van der Waals surface area contributed by atoms with Gasteiger partial charge < -0.3 is 4.55 Å². The van der Waals surface area contributed by atoms with Gasteiger partial charge in [0, 0.05) is 12.2 Å². The fourth-order valence-electron chi connectivity index (χ4n) is 0.301. The van der Waals surface area contributed by atoms with Crippen molar-refractivity contribution in [1.82, 2.24) is 0 Å². The molecule has 0 unspecified atom stereocenters. The molecule has 9 heavy (non-hydrogen) atoms. The first-order valence-electron chi connectivity index (χ1n) is 2.39. The second-order valence-electron chi connectivity index (χ2n) is 1.44. The molecule has 0 saturated carbocycles. The molecule has 0 fully saturated rings. The summed E-state index contributed by atoms with van der Waals surface area (Å²) in [6.07, 6.45) is 0.141. The minimum absolute atomic E-state index is 0.141. The van der Waals surface area contributed by atoms with E-state index in [1.165, 1.54) is 0 Å². The van der Waals surface area contributed by atoms with Crippen molar-refractivity contribution in [3.8, 4) is 11.8 Å². The quantitative estimate of drug-likeness (QED) is 0.406. The third-order valence-electron chi connectivity index (χ3n) is 0.654. The Labute approximate surface area is 54.8 Å². The number of rotatable bonds is 2. The van der Waals surface area contributed by atoms with Gasteiger partial charge in [-0.25, -0.2) is 8.42 Å². The van der Waals surface area contributed by atoms with Crippen molar-refractivity contribution in [2.45, 2.75) is 13.3 Å². The van der Waals surface area contributed by atoms with E-state index in [-0.39, 0.29) is 12.2 Å². The maximum absolute atomic E-state index is 9.88. The summed E-state index contributed by atoms with van der Waals surface area (Å²) in [6.45, 7) is 1.59. The van der Waals surface area contributed by atoms with E-state index in [1.54, 1.807) is 6.92 Å². The highest BCUT2D eigenvalue weighted by Gasteiger charge is 1.89. The molecule has 0 spiro atoms. The Hall–Kier alpha value is -0.530. The molecule has 0 aliphatic carbocycles. The molecule has 0 amide bonds. The number of hydrogen-bond donors (Lipinski definition) is 0. The van der Waals surface area contributed by atoms with Gasteiger partial charge in [-0.2, -0.15) is 0 Å². The molecule has 0 radical (unpaired) electrons. The summed E-state index contributed by atoms with van der Waals surface area (Å²) >= 11 is 0. The molecule has 0 heterocycles. The molecule has 0 N–H and O–H groups in total. The van der Waals surface area contributed by atoms with Gasteiger partial charge in [0.15, 0.2) is 0 Å². The second-order valence-corrected chi connectivity index (χ2v) is 2.96. The minimum atomic E-state index is -4.05. The average Bonchev–Trinajstić information content (AvgIpc) is 1.63. The van der Waals surface area contributed by atoms with E-state index in [2.05, 4.69) is 11.8 Å². The molecule has 0 aromatic rings. The van der Waals surface area contributed by atoms with Crippen LogP contribution in [-0.4, -0.2) is 18.7 Å². The maximum atomic E-state index is 9.88. The highest BCUT2D eigenvalue weighted by Crippen LogP contribution is 1.84. The van der Waals surface area contributed by atoms with Gasteiger partial charge in [0.1, 0.15) is 0 Å². The monoisotopic (exact) mass is 147 g/mol. The lowest BCUT2D eigenvalue weighted by Gasteiger charge is -2.00. The minimum Gasteiger partial charge on any atom is -0.748 e. The van der Waals surface area contributed by atoms with Gasteiger partial charge >= 0.3 is 0 Å². The summed E-state index contributed by atoms with van der Waals surface area (Å²) in [5.41, 5.74) is 0. The average molecular weight is 147 g/mol. The van der Waals surface area contributed by atoms with Gasteiger partial charge in [-0.05, 0) is 6.92 Å². The van der Waals surface area contributed by atoms with E-state index in [0.717, 1.165) is 0 Å². The van der Waals surface area contributed by atoms with Crippen LogP contribution in [0.5, 0.6) is 0 Å². The zero-order valence-electron chi connectivity index (χ0n) is 5.05. The van der Waals surface area contributed by atoms with Crippen molar-refractivity contribution in [3.05, 3.63) is 0 Å². The predicted molar refractivity (Wildman–Crippen MR) is 32.6 cm³/mol. The van der Waals surface area contributed by atoms with Crippen LogP contribution in [0.25, 0.3) is 0 Å². The lowest BCUT2D eigenvalue weighted by molar-refractivity contribution is 0.463. The van der Waals surface area contributed by atoms with Crippen molar-refractivity contribution < 1.29 is 13.0 Å². The zero-order chi connectivity index (χ0) is 7.33. The third kappa shape index (κ3) is 7.47. The van der Waals surface area contributed by atoms with Crippen LogP contribution in [0.1, 0.15) is 13.3 Å². The van der Waals surface area contributed by atoms with E-state index in [1.807, 2.05) is 0 Å². The Morgan fingerprint density at radius 1 is 1.56 bits per heavy atom. The Morgan fingerprint density at radius 2 is 2.11 bits per heavy atom. The van der Waals surface area contributed by atoms with E-state index >= 15 is 0 Å². The highest BCUT2D eigenvalue weighted by molar-refractivity contribution is 7.85. The van der Waals surface area contributed by atoms with Crippen molar-refractivity contribution in [1.29, 1.82) is 0 Å². The fraction of sp³-hybridized carbons (Fsp3) is 0.600. The Morgan fingerprint density at radius 3 is 2.44 bits per heavy atom. The summed E-state index contributed by atoms with van der Waals surface area (Å²) in [5, 5.41) is 0. The Kier molecular flexibility index (Phi) is 3.28. The van der Waals surface area contributed by atoms with Crippen LogP contribution < -0.4 is 0 Å². The molecule has 0 bridgehead atoms. The summed E-state index contributed by atoms with van der Waals surface area (Å²) in [6, 6.07) is 0. The largest absolute Gasteiger partial charge is 0.748 e. The SMILES string of the molecule is CC#CCCS(=O)(=O)[O-]. The van der Waals surface area contributed by atoms with Crippen LogP contribution in [0, 0.1) is 11.8 Å². The Bertz CT molecular complexity index is 216. The summed E-state index contributed by atoms with van der Waals surface area (Å²) in [7, 11) is -4.05. The van der Waals surface area contributed by atoms with E-state index in [9.17, 15) is 13.0 Å². The van der Waals surface area contributed by atoms with Gasteiger partial charge in [-0.1, -0.05) is 0 Å². The molecule has 0 aliphatic heterocycles. The van der Waals surface area contributed by atoms with Gasteiger partial charge in [0.25, 0.3) is 0 Å². The third-order valence-corrected chi connectivity index (χ3v) is 1.36. The molecular formula is C5H7O3S-. The molecule has 0 aliphatic rings. The molecule has 0 aromatic carbocycles. The normalized spacial score (nSPS) is 10.0. The van der Waals surface area contributed by atoms with Crippen LogP contribution in [-0.2, 0) is 10.1 Å². The van der Waals surface area contributed by atoms with Gasteiger partial charge in [0.2, 0.25) is 0 Å². The zero-order valence-corrected chi connectivity index (χ0v) is 5.86. The van der Waals surface area contributed by atoms with Crippen LogP contribution >= 0.6 is 0 Å². The second kappa shape index (κ2) is 3.49. The molecule has 0 atom stereocenters. The molecule has 0 rings (SSSR count). The molecule has 3 nitrogen and oxygen atoms in total. The van der Waals surface area contributed by atoms with Crippen molar-refractivity contribution >= 4 is 10.1 Å². The van der Waals surface area contributed by atoms with Crippen LogP contribution in [0.2, 0.25) is 0 Å². The first-order chi connectivity index (χ1) is 4.06. The Balaban J connectivity index is 3.62. The lowest BCUT2D eigenvalue weighted by atomic mass is 10.5. The predicted octanol–water partition coefficient (Wildman–Crippen LogP) is -0.0550. The lowest BCUT2D eigenvalue weighted by Crippen LogP contribution is -2.02. The van der Waals surface area contributed by atoms with Crippen molar-refractivity contribution in [2.24, 2.45) is 0 Å². The van der Waals surface area contributed by atoms with Crippen LogP contribution in [0.4, 0.5) is 0 Å². The molecular weight excluding hydrogens is 140 g/mol. The molecule has 4 heteroatoms. The smallest absolute Gasteiger partial charge is 0.0955 e. The fourth-order valence-corrected chi connectivity index (χ4v) is 0.653. The first-order valence-corrected chi connectivity index (χ1v) is 3.97. The van der Waals surface area contributed by atoms with E-state index < -0.39 is 10.1 Å². The van der Waals surface area contributed by atoms with E-state index in [4.69, 9.17) is 0 Å².